The summed E-state index contributed by atoms with van der Waals surface area (Å²) in [5, 5.41) is 11.7. The molecule has 2 bridgehead atoms. The number of nitrogens with zero attached hydrogens (tertiary/aromatic N) is 3. The number of hydrazine groups is 1. The van der Waals surface area contributed by atoms with Crippen LogP contribution in [0.3, 0.4) is 0 Å². The highest BCUT2D eigenvalue weighted by Crippen LogP contribution is 2.42. The van der Waals surface area contributed by atoms with Crippen LogP contribution >= 0.6 is 0 Å². The summed E-state index contributed by atoms with van der Waals surface area (Å²) in [6.07, 6.45) is 4.29. The molecular weight excluding hydrogens is 463 g/mol. The lowest BCUT2D eigenvalue weighted by Crippen LogP contribution is -2.61. The van der Waals surface area contributed by atoms with Crippen LogP contribution in [0.1, 0.15) is 38.5 Å². The number of carbonyl (C=O) groups is 2. The van der Waals surface area contributed by atoms with E-state index in [0.29, 0.717) is 17.7 Å². The van der Waals surface area contributed by atoms with Gasteiger partial charge in [-0.2, -0.15) is 0 Å². The van der Waals surface area contributed by atoms with Crippen LogP contribution in [0.25, 0.3) is 0 Å². The molecule has 6 atom stereocenters. The number of carbonyl (C=O) groups excluding carboxylic acids is 2. The van der Waals surface area contributed by atoms with E-state index < -0.39 is 18.3 Å². The molecule has 7 aliphatic rings. The Kier molecular flexibility index (Phi) is 6.98. The molecular formula is C25H43FN8O2. The van der Waals surface area contributed by atoms with Gasteiger partial charge in [-0.15, -0.1) is 0 Å². The molecule has 0 aliphatic carbocycles. The zero-order chi connectivity index (χ0) is 24.9. The van der Waals surface area contributed by atoms with Crippen molar-refractivity contribution in [2.45, 2.75) is 63.1 Å². The van der Waals surface area contributed by atoms with Gasteiger partial charge in [-0.25, -0.2) is 14.8 Å². The summed E-state index contributed by atoms with van der Waals surface area (Å²) in [6.45, 7) is 7.06. The van der Waals surface area contributed by atoms with Crippen molar-refractivity contribution in [3.8, 4) is 0 Å². The van der Waals surface area contributed by atoms with Crippen molar-refractivity contribution in [1.82, 2.24) is 36.2 Å². The Bertz CT molecular complexity index is 817. The number of amides is 2. The minimum atomic E-state index is -0.974. The first-order valence-electron chi connectivity index (χ1n) is 14.1. The average Bonchev–Trinajstić information content (AvgIpc) is 3.24. The molecule has 7 rings (SSSR count). The van der Waals surface area contributed by atoms with Gasteiger partial charge in [0.2, 0.25) is 11.8 Å². The minimum Gasteiger partial charge on any atom is -0.351 e. The van der Waals surface area contributed by atoms with Crippen molar-refractivity contribution in [2.24, 2.45) is 28.9 Å². The van der Waals surface area contributed by atoms with Crippen LogP contribution in [0.2, 0.25) is 0 Å². The van der Waals surface area contributed by atoms with Crippen LogP contribution in [0.15, 0.2) is 0 Å². The lowest BCUT2D eigenvalue weighted by molar-refractivity contribution is -0.151. The topological polar surface area (TPSA) is 118 Å². The average molecular weight is 507 g/mol. The molecule has 0 aromatic heterocycles. The van der Waals surface area contributed by atoms with Gasteiger partial charge < -0.3 is 26.2 Å². The Balaban J connectivity index is 1.06. The van der Waals surface area contributed by atoms with Crippen molar-refractivity contribution in [3.05, 3.63) is 0 Å². The van der Waals surface area contributed by atoms with E-state index in [4.69, 9.17) is 5.73 Å². The maximum absolute atomic E-state index is 13.8. The van der Waals surface area contributed by atoms with E-state index in [2.05, 4.69) is 31.2 Å². The molecule has 0 spiro atoms. The number of nitrogens with one attached hydrogen (secondary N) is 4. The third-order valence-corrected chi connectivity index (χ3v) is 10.1. The molecule has 7 saturated heterocycles. The fraction of sp³-hybridized carbons (Fsp3) is 0.920. The molecule has 0 aromatic rings. The van der Waals surface area contributed by atoms with Gasteiger partial charge in [-0.05, 0) is 76.5 Å². The van der Waals surface area contributed by atoms with Crippen molar-refractivity contribution in [3.63, 3.8) is 0 Å². The second kappa shape index (κ2) is 10.1. The van der Waals surface area contributed by atoms with Crippen molar-refractivity contribution in [2.75, 3.05) is 58.9 Å². The van der Waals surface area contributed by atoms with E-state index in [9.17, 15) is 14.0 Å². The molecule has 2 amide bonds. The highest BCUT2D eigenvalue weighted by atomic mass is 19.1. The highest BCUT2D eigenvalue weighted by Gasteiger charge is 2.49. The Labute approximate surface area is 213 Å². The fourth-order valence-corrected chi connectivity index (χ4v) is 7.87. The first kappa shape index (κ1) is 24.9. The molecule has 7 fully saturated rings. The van der Waals surface area contributed by atoms with E-state index in [1.165, 1.54) is 0 Å². The normalized spacial score (nSPS) is 43.8. The summed E-state index contributed by atoms with van der Waals surface area (Å²) < 4.78 is 13.8. The lowest BCUT2D eigenvalue weighted by Gasteiger charge is -2.50. The van der Waals surface area contributed by atoms with Crippen LogP contribution in [-0.2, 0) is 9.59 Å². The summed E-state index contributed by atoms with van der Waals surface area (Å²) in [5.74, 6) is 0.749. The minimum absolute atomic E-state index is 0.0403. The number of rotatable bonds is 4. The molecule has 7 aliphatic heterocycles. The second-order valence-electron chi connectivity index (χ2n) is 12.1. The van der Waals surface area contributed by atoms with Crippen LogP contribution in [0.4, 0.5) is 4.39 Å². The summed E-state index contributed by atoms with van der Waals surface area (Å²) in [6, 6.07) is 0.0403. The molecule has 10 nitrogen and oxygen atoms in total. The quantitative estimate of drug-likeness (QED) is 0.323. The van der Waals surface area contributed by atoms with E-state index >= 15 is 0 Å². The van der Waals surface area contributed by atoms with Crippen LogP contribution in [0, 0.1) is 23.2 Å². The monoisotopic (exact) mass is 506 g/mol. The molecule has 7 heterocycles. The van der Waals surface area contributed by atoms with Gasteiger partial charge in [-0.1, -0.05) is 0 Å². The van der Waals surface area contributed by atoms with E-state index in [1.54, 1.807) is 5.01 Å². The first-order valence-corrected chi connectivity index (χ1v) is 14.1. The SMILES string of the molecule is NC1NN2CC(F)CNC2C1C(=O)NC1CNCCC1C1CCN(C(=O)C23CCN(CC2)CC3)CC1. The molecule has 36 heavy (non-hydrogen) atoms. The Hall–Kier alpha value is -1.37. The van der Waals surface area contributed by atoms with Gasteiger partial charge in [0.1, 0.15) is 6.17 Å². The zero-order valence-electron chi connectivity index (χ0n) is 21.3. The van der Waals surface area contributed by atoms with Gasteiger partial charge in [0.15, 0.2) is 0 Å². The number of fused-ring (bicyclic) bond motifs is 4. The number of hydrogen-bond donors (Lipinski definition) is 5. The number of likely N-dealkylation sites (tertiary alicyclic amines) is 1. The van der Waals surface area contributed by atoms with Crippen molar-refractivity contribution in [1.29, 1.82) is 0 Å². The number of alkyl halides is 1. The molecule has 202 valence electrons. The fourth-order valence-electron chi connectivity index (χ4n) is 7.87. The van der Waals surface area contributed by atoms with Gasteiger partial charge in [0.25, 0.3) is 0 Å². The third-order valence-electron chi connectivity index (χ3n) is 10.1. The molecule has 6 N–H and O–H groups in total. The molecule has 6 unspecified atom stereocenters. The second-order valence-corrected chi connectivity index (χ2v) is 12.1. The maximum atomic E-state index is 13.8. The number of hydrogen-bond acceptors (Lipinski definition) is 8. The maximum Gasteiger partial charge on any atom is 0.229 e. The van der Waals surface area contributed by atoms with Gasteiger partial charge >= 0.3 is 0 Å². The summed E-state index contributed by atoms with van der Waals surface area (Å²) in [7, 11) is 0. The predicted molar refractivity (Wildman–Crippen MR) is 133 cm³/mol. The van der Waals surface area contributed by atoms with Crippen LogP contribution in [-0.4, -0.2) is 110 Å². The van der Waals surface area contributed by atoms with Crippen molar-refractivity contribution >= 4 is 11.8 Å². The standard InChI is InChI=1S/C25H43FN8O2/c26-17-13-29-22-20(21(27)31-34(22)15-17)23(35)30-19-14-28-7-1-18(19)16-2-8-33(9-3-16)24(36)25-4-10-32(11-5-25)12-6-25/h16-22,28-29,31H,1-15,27H2,(H,30,35). The summed E-state index contributed by atoms with van der Waals surface area (Å²) in [5.41, 5.74) is 9.23. The van der Waals surface area contributed by atoms with Crippen LogP contribution < -0.4 is 27.1 Å². The van der Waals surface area contributed by atoms with Gasteiger partial charge in [0, 0.05) is 38.8 Å². The van der Waals surface area contributed by atoms with E-state index in [1.807, 2.05) is 0 Å². The van der Waals surface area contributed by atoms with E-state index in [-0.39, 0.29) is 36.6 Å². The van der Waals surface area contributed by atoms with Gasteiger partial charge in [0.05, 0.1) is 23.7 Å². The van der Waals surface area contributed by atoms with Crippen LogP contribution in [0.5, 0.6) is 0 Å². The molecule has 11 heteroatoms. The van der Waals surface area contributed by atoms with E-state index in [0.717, 1.165) is 84.3 Å². The predicted octanol–water partition coefficient (Wildman–Crippen LogP) is -1.21. The molecule has 0 radical (unpaired) electrons. The summed E-state index contributed by atoms with van der Waals surface area (Å²) in [4.78, 5) is 31.6. The number of nitrogens with two attached hydrogens (primary N) is 1. The number of piperidine rings is 5. The smallest absolute Gasteiger partial charge is 0.229 e. The Morgan fingerprint density at radius 3 is 2.44 bits per heavy atom. The first-order chi connectivity index (χ1) is 17.4. The Morgan fingerprint density at radius 2 is 1.72 bits per heavy atom. The lowest BCUT2D eigenvalue weighted by atomic mass is 9.70. The molecule has 0 saturated carbocycles. The largest absolute Gasteiger partial charge is 0.351 e. The Morgan fingerprint density at radius 1 is 1.00 bits per heavy atom. The van der Waals surface area contributed by atoms with Crippen molar-refractivity contribution < 1.29 is 14.0 Å². The summed E-state index contributed by atoms with van der Waals surface area (Å²) >= 11 is 0. The highest BCUT2D eigenvalue weighted by molar-refractivity contribution is 5.83. The number of halogens is 1. The molecule has 0 aromatic carbocycles. The zero-order valence-corrected chi connectivity index (χ0v) is 21.3. The van der Waals surface area contributed by atoms with Gasteiger partial charge in [-0.3, -0.25) is 14.9 Å². The third kappa shape index (κ3) is 4.56.